The maximum atomic E-state index is 7.90. The summed E-state index contributed by atoms with van der Waals surface area (Å²) in [6.45, 7) is 3.98. The largest absolute Gasteiger partial charge is 0.371 e. The van der Waals surface area contributed by atoms with E-state index < -0.39 is 0 Å². The van der Waals surface area contributed by atoms with E-state index in [9.17, 15) is 0 Å². The van der Waals surface area contributed by atoms with Crippen molar-refractivity contribution in [3.05, 3.63) is 113 Å². The number of fused-ring (bicyclic) bond motifs is 1. The lowest BCUT2D eigenvalue weighted by atomic mass is 10.0. The Bertz CT molecular complexity index is 1560. The molecular formula is C32H36N7+. The van der Waals surface area contributed by atoms with Gasteiger partial charge in [0.2, 0.25) is 0 Å². The predicted molar refractivity (Wildman–Crippen MR) is 154 cm³/mol. The number of rotatable bonds is 10. The number of hydrogen-bond acceptors (Lipinski definition) is 4. The van der Waals surface area contributed by atoms with E-state index in [1.807, 2.05) is 4.57 Å². The smallest absolute Gasteiger partial charge is 0.173 e. The first kappa shape index (κ1) is 25.0. The molecule has 1 fully saturated rings. The number of imidazole rings is 1. The number of pyridine rings is 1. The van der Waals surface area contributed by atoms with Crippen molar-refractivity contribution in [3.63, 3.8) is 0 Å². The summed E-state index contributed by atoms with van der Waals surface area (Å²) in [5, 5.41) is 7.90. The standard InChI is InChI=1S/C32H36N7/c33-31-30-32(35-23-34-30)39(24-36-31)22-28-13-9-26(10-14-28)6-2-1-5-25-7-11-27(12-8-25)21-37-19-15-29(16-20-37)38-17-3-4-18-38/h7-16,19-20,23-24,33H,1-6,17-18,21-22H2,(H,34,35)/q+1. The number of unbranched alkanes of at least 4 members (excludes halogenated alkanes) is 1. The molecule has 2 aromatic carbocycles. The molecule has 0 radical (unpaired) electrons. The zero-order chi connectivity index (χ0) is 26.4. The Morgan fingerprint density at radius 3 is 2.05 bits per heavy atom. The van der Waals surface area contributed by atoms with Crippen molar-refractivity contribution in [2.45, 2.75) is 51.6 Å². The highest BCUT2D eigenvalue weighted by Gasteiger charge is 2.13. The molecule has 4 heterocycles. The fourth-order valence-electron chi connectivity index (χ4n) is 5.47. The van der Waals surface area contributed by atoms with Crippen LogP contribution >= 0.6 is 0 Å². The van der Waals surface area contributed by atoms with E-state index in [-0.39, 0.29) is 5.49 Å². The zero-order valence-corrected chi connectivity index (χ0v) is 22.4. The van der Waals surface area contributed by atoms with E-state index in [1.54, 1.807) is 12.7 Å². The molecule has 198 valence electrons. The monoisotopic (exact) mass is 518 g/mol. The molecule has 0 amide bonds. The third-order valence-corrected chi connectivity index (χ3v) is 7.74. The molecule has 3 aromatic heterocycles. The first-order chi connectivity index (χ1) is 19.2. The van der Waals surface area contributed by atoms with Crippen LogP contribution in [0.2, 0.25) is 0 Å². The van der Waals surface area contributed by atoms with Crippen LogP contribution in [0.4, 0.5) is 5.69 Å². The van der Waals surface area contributed by atoms with Crippen LogP contribution in [0.5, 0.6) is 0 Å². The molecule has 2 N–H and O–H groups in total. The summed E-state index contributed by atoms with van der Waals surface area (Å²) in [5.74, 6) is 0. The van der Waals surface area contributed by atoms with Crippen LogP contribution < -0.4 is 15.0 Å². The van der Waals surface area contributed by atoms with E-state index in [0.717, 1.165) is 25.0 Å². The highest BCUT2D eigenvalue weighted by atomic mass is 15.1. The van der Waals surface area contributed by atoms with Crippen LogP contribution in [0.1, 0.15) is 47.9 Å². The fourth-order valence-corrected chi connectivity index (χ4v) is 5.47. The molecule has 0 spiro atoms. The molecule has 0 saturated carbocycles. The molecule has 0 unspecified atom stereocenters. The van der Waals surface area contributed by atoms with E-state index >= 15 is 0 Å². The Kier molecular flexibility index (Phi) is 7.47. The third kappa shape index (κ3) is 6.08. The van der Waals surface area contributed by atoms with E-state index in [4.69, 9.17) is 5.41 Å². The lowest BCUT2D eigenvalue weighted by Gasteiger charge is -2.16. The number of nitrogens with one attached hydrogen (secondary N) is 2. The molecule has 7 nitrogen and oxygen atoms in total. The number of hydrogen-bond donors (Lipinski definition) is 2. The first-order valence-electron chi connectivity index (χ1n) is 14.0. The number of aryl methyl sites for hydroxylation is 2. The van der Waals surface area contributed by atoms with Gasteiger partial charge in [-0.15, -0.1) is 0 Å². The van der Waals surface area contributed by atoms with Crippen molar-refractivity contribution in [1.82, 2.24) is 19.5 Å². The lowest BCUT2D eigenvalue weighted by Crippen LogP contribution is -2.33. The average molecular weight is 519 g/mol. The van der Waals surface area contributed by atoms with Crippen LogP contribution in [0.3, 0.4) is 0 Å². The molecule has 0 aliphatic carbocycles. The Morgan fingerprint density at radius 1 is 0.769 bits per heavy atom. The summed E-state index contributed by atoms with van der Waals surface area (Å²) in [7, 11) is 0. The van der Waals surface area contributed by atoms with Crippen molar-refractivity contribution in [2.75, 3.05) is 18.0 Å². The van der Waals surface area contributed by atoms with Gasteiger partial charge in [0.25, 0.3) is 0 Å². The number of aromatic nitrogens is 5. The van der Waals surface area contributed by atoms with E-state index in [2.05, 4.69) is 97.5 Å². The van der Waals surface area contributed by atoms with Gasteiger partial charge >= 0.3 is 0 Å². The van der Waals surface area contributed by atoms with Gasteiger partial charge in [-0.1, -0.05) is 48.5 Å². The Balaban J connectivity index is 0.948. The molecule has 0 atom stereocenters. The molecule has 7 heteroatoms. The molecule has 0 bridgehead atoms. The average Bonchev–Trinajstić information content (AvgIpc) is 3.69. The van der Waals surface area contributed by atoms with E-state index in [1.165, 1.54) is 66.7 Å². The highest BCUT2D eigenvalue weighted by molar-refractivity contribution is 5.68. The summed E-state index contributed by atoms with van der Waals surface area (Å²) in [6.07, 6.45) is 14.9. The SMILES string of the molecule is N=c1ncn(Cc2ccc(CCCCc3ccc(C[n+]4ccc(N5CCCC5)cc4)cc3)cc2)c2nc[nH]c12. The molecular weight excluding hydrogens is 482 g/mol. The second-order valence-electron chi connectivity index (χ2n) is 10.6. The Morgan fingerprint density at radius 2 is 1.38 bits per heavy atom. The number of aromatic amines is 1. The van der Waals surface area contributed by atoms with Gasteiger partial charge in [-0.25, -0.2) is 14.5 Å². The van der Waals surface area contributed by atoms with Crippen molar-refractivity contribution in [3.8, 4) is 0 Å². The zero-order valence-electron chi connectivity index (χ0n) is 22.4. The highest BCUT2D eigenvalue weighted by Crippen LogP contribution is 2.18. The van der Waals surface area contributed by atoms with Crippen LogP contribution in [0.15, 0.2) is 85.7 Å². The maximum Gasteiger partial charge on any atom is 0.173 e. The molecule has 5 aromatic rings. The third-order valence-electron chi connectivity index (χ3n) is 7.74. The lowest BCUT2D eigenvalue weighted by molar-refractivity contribution is -0.688. The number of anilines is 1. The number of nitrogens with zero attached hydrogens (tertiary/aromatic N) is 5. The van der Waals surface area contributed by atoms with Crippen LogP contribution in [0.25, 0.3) is 11.2 Å². The van der Waals surface area contributed by atoms with Gasteiger partial charge in [-0.3, -0.25) is 5.41 Å². The van der Waals surface area contributed by atoms with Crippen LogP contribution in [-0.2, 0) is 25.9 Å². The maximum absolute atomic E-state index is 7.90. The van der Waals surface area contributed by atoms with Crippen molar-refractivity contribution in [2.24, 2.45) is 0 Å². The summed E-state index contributed by atoms with van der Waals surface area (Å²) < 4.78 is 4.24. The van der Waals surface area contributed by atoms with Crippen molar-refractivity contribution >= 4 is 16.9 Å². The van der Waals surface area contributed by atoms with Gasteiger partial charge in [0.05, 0.1) is 19.2 Å². The summed E-state index contributed by atoms with van der Waals surface area (Å²) in [4.78, 5) is 14.0. The fraction of sp³-hybridized carbons (Fsp3) is 0.312. The Labute approximate surface area is 229 Å². The van der Waals surface area contributed by atoms with Gasteiger partial charge < -0.3 is 14.5 Å². The summed E-state index contributed by atoms with van der Waals surface area (Å²) in [6, 6.07) is 22.5. The minimum Gasteiger partial charge on any atom is -0.371 e. The Hall–Kier alpha value is -4.26. The number of H-pyrrole nitrogens is 1. The summed E-state index contributed by atoms with van der Waals surface area (Å²) in [5.41, 5.74) is 8.33. The molecule has 1 aliphatic rings. The van der Waals surface area contributed by atoms with Gasteiger partial charge in [-0.05, 0) is 55.2 Å². The topological polar surface area (TPSA) is 77.5 Å². The first-order valence-corrected chi connectivity index (χ1v) is 14.0. The van der Waals surface area contributed by atoms with Crippen LogP contribution in [-0.4, -0.2) is 32.6 Å². The summed E-state index contributed by atoms with van der Waals surface area (Å²) >= 11 is 0. The minimum absolute atomic E-state index is 0.225. The molecule has 39 heavy (non-hydrogen) atoms. The predicted octanol–water partition coefficient (Wildman–Crippen LogP) is 4.79. The van der Waals surface area contributed by atoms with Gasteiger partial charge in [0.1, 0.15) is 5.52 Å². The van der Waals surface area contributed by atoms with Crippen molar-refractivity contribution in [1.29, 1.82) is 5.41 Å². The van der Waals surface area contributed by atoms with Crippen molar-refractivity contribution < 1.29 is 4.57 Å². The quantitative estimate of drug-likeness (QED) is 0.206. The van der Waals surface area contributed by atoms with Crippen LogP contribution in [0, 0.1) is 5.41 Å². The second-order valence-corrected chi connectivity index (χ2v) is 10.6. The van der Waals surface area contributed by atoms with Gasteiger partial charge in [0.15, 0.2) is 30.1 Å². The minimum atomic E-state index is 0.225. The second kappa shape index (κ2) is 11.6. The normalized spacial score (nSPS) is 13.4. The van der Waals surface area contributed by atoms with Gasteiger partial charge in [0, 0.05) is 36.5 Å². The van der Waals surface area contributed by atoms with Gasteiger partial charge in [-0.2, -0.15) is 0 Å². The molecule has 1 aliphatic heterocycles. The molecule has 6 rings (SSSR count). The molecule has 1 saturated heterocycles. The number of benzene rings is 2. The van der Waals surface area contributed by atoms with E-state index in [0.29, 0.717) is 12.1 Å².